The van der Waals surface area contributed by atoms with Crippen LogP contribution in [0.2, 0.25) is 0 Å². The third-order valence-corrected chi connectivity index (χ3v) is 4.40. The highest BCUT2D eigenvalue weighted by Crippen LogP contribution is 2.31. The number of carbonyl (C=O) groups is 1. The maximum atomic E-state index is 12.1. The molecule has 1 aromatic rings. The van der Waals surface area contributed by atoms with Gasteiger partial charge in [-0.25, -0.2) is 0 Å². The van der Waals surface area contributed by atoms with Gasteiger partial charge < -0.3 is 19.1 Å². The predicted octanol–water partition coefficient (Wildman–Crippen LogP) is 1.14. The van der Waals surface area contributed by atoms with E-state index in [2.05, 4.69) is 17.0 Å². The molecule has 126 valence electrons. The van der Waals surface area contributed by atoms with Crippen molar-refractivity contribution in [2.75, 3.05) is 46.5 Å². The summed E-state index contributed by atoms with van der Waals surface area (Å²) in [6, 6.07) is 6.11. The standard InChI is InChI=1S/C17H24N2O4/c1-13(21-2)17(20)19-7-5-18(6-8-19)12-14-3-4-15-16(11-14)23-10-9-22-15/h3-4,11,13H,5-10,12H2,1-2H3. The number of rotatable bonds is 4. The van der Waals surface area contributed by atoms with Gasteiger partial charge in [-0.2, -0.15) is 0 Å². The summed E-state index contributed by atoms with van der Waals surface area (Å²) in [5.74, 6) is 1.73. The van der Waals surface area contributed by atoms with E-state index >= 15 is 0 Å². The molecular weight excluding hydrogens is 296 g/mol. The van der Waals surface area contributed by atoms with Crippen molar-refractivity contribution in [3.8, 4) is 11.5 Å². The third-order valence-electron chi connectivity index (χ3n) is 4.40. The van der Waals surface area contributed by atoms with Gasteiger partial charge >= 0.3 is 0 Å². The minimum atomic E-state index is -0.362. The molecule has 0 N–H and O–H groups in total. The Morgan fingerprint density at radius 2 is 1.87 bits per heavy atom. The van der Waals surface area contributed by atoms with Crippen LogP contribution in [0.4, 0.5) is 0 Å². The normalized spacial score (nSPS) is 19.5. The van der Waals surface area contributed by atoms with Crippen molar-refractivity contribution >= 4 is 5.91 Å². The zero-order valence-corrected chi connectivity index (χ0v) is 13.8. The largest absolute Gasteiger partial charge is 0.486 e. The fourth-order valence-corrected chi connectivity index (χ4v) is 2.93. The molecule has 0 aliphatic carbocycles. The average Bonchev–Trinajstić information content (AvgIpc) is 2.61. The SMILES string of the molecule is COC(C)C(=O)N1CCN(Cc2ccc3c(c2)OCCO3)CC1. The lowest BCUT2D eigenvalue weighted by Crippen LogP contribution is -2.50. The van der Waals surface area contributed by atoms with E-state index in [4.69, 9.17) is 14.2 Å². The van der Waals surface area contributed by atoms with Crippen molar-refractivity contribution in [2.24, 2.45) is 0 Å². The molecule has 1 aromatic carbocycles. The van der Waals surface area contributed by atoms with Gasteiger partial charge in [0.2, 0.25) is 0 Å². The zero-order valence-electron chi connectivity index (χ0n) is 13.8. The number of nitrogens with zero attached hydrogens (tertiary/aromatic N) is 2. The number of amides is 1. The summed E-state index contributed by atoms with van der Waals surface area (Å²) < 4.78 is 16.3. The van der Waals surface area contributed by atoms with Gasteiger partial charge in [0.25, 0.3) is 5.91 Å². The molecule has 2 heterocycles. The molecule has 23 heavy (non-hydrogen) atoms. The van der Waals surface area contributed by atoms with E-state index in [1.54, 1.807) is 14.0 Å². The molecule has 0 aromatic heterocycles. The topological polar surface area (TPSA) is 51.2 Å². The predicted molar refractivity (Wildman–Crippen MR) is 85.8 cm³/mol. The Kier molecular flexibility index (Phi) is 5.03. The minimum absolute atomic E-state index is 0.0754. The lowest BCUT2D eigenvalue weighted by molar-refractivity contribution is -0.142. The average molecular weight is 320 g/mol. The highest BCUT2D eigenvalue weighted by molar-refractivity contribution is 5.80. The lowest BCUT2D eigenvalue weighted by atomic mass is 10.1. The second-order valence-electron chi connectivity index (χ2n) is 5.96. The monoisotopic (exact) mass is 320 g/mol. The van der Waals surface area contributed by atoms with E-state index in [1.165, 1.54) is 5.56 Å². The first-order valence-electron chi connectivity index (χ1n) is 8.10. The van der Waals surface area contributed by atoms with Crippen molar-refractivity contribution in [2.45, 2.75) is 19.6 Å². The van der Waals surface area contributed by atoms with Crippen molar-refractivity contribution in [3.63, 3.8) is 0 Å². The van der Waals surface area contributed by atoms with Crippen molar-refractivity contribution in [1.29, 1.82) is 0 Å². The molecule has 0 spiro atoms. The number of benzene rings is 1. The highest BCUT2D eigenvalue weighted by Gasteiger charge is 2.25. The number of carbonyl (C=O) groups excluding carboxylic acids is 1. The quantitative estimate of drug-likeness (QED) is 0.833. The van der Waals surface area contributed by atoms with Crippen LogP contribution in [0.3, 0.4) is 0 Å². The Morgan fingerprint density at radius 1 is 1.17 bits per heavy atom. The van der Waals surface area contributed by atoms with Crippen LogP contribution in [0.25, 0.3) is 0 Å². The van der Waals surface area contributed by atoms with E-state index in [-0.39, 0.29) is 12.0 Å². The van der Waals surface area contributed by atoms with Gasteiger partial charge in [-0.3, -0.25) is 9.69 Å². The number of methoxy groups -OCH3 is 1. The molecule has 1 amide bonds. The fraction of sp³-hybridized carbons (Fsp3) is 0.588. The number of fused-ring (bicyclic) bond motifs is 1. The Hall–Kier alpha value is -1.79. The summed E-state index contributed by atoms with van der Waals surface area (Å²) >= 11 is 0. The molecule has 1 saturated heterocycles. The Morgan fingerprint density at radius 3 is 2.57 bits per heavy atom. The molecule has 0 radical (unpaired) electrons. The van der Waals surface area contributed by atoms with Gasteiger partial charge in [-0.1, -0.05) is 6.07 Å². The van der Waals surface area contributed by atoms with E-state index in [0.29, 0.717) is 13.2 Å². The maximum Gasteiger partial charge on any atom is 0.251 e. The molecule has 6 heteroatoms. The number of hydrogen-bond acceptors (Lipinski definition) is 5. The molecule has 2 aliphatic rings. The Bertz CT molecular complexity index is 556. The molecule has 3 rings (SSSR count). The van der Waals surface area contributed by atoms with Crippen LogP contribution in [0.5, 0.6) is 11.5 Å². The second-order valence-corrected chi connectivity index (χ2v) is 5.96. The van der Waals surface area contributed by atoms with Crippen molar-refractivity contribution < 1.29 is 19.0 Å². The number of piperazine rings is 1. The first-order valence-corrected chi connectivity index (χ1v) is 8.10. The van der Waals surface area contributed by atoms with E-state index < -0.39 is 0 Å². The van der Waals surface area contributed by atoms with Gasteiger partial charge in [0.1, 0.15) is 19.3 Å². The summed E-state index contributed by atoms with van der Waals surface area (Å²) in [5.41, 5.74) is 1.21. The van der Waals surface area contributed by atoms with Crippen LogP contribution in [0, 0.1) is 0 Å². The molecular formula is C17H24N2O4. The zero-order chi connectivity index (χ0) is 16.2. The van der Waals surface area contributed by atoms with Crippen LogP contribution in [0.1, 0.15) is 12.5 Å². The highest BCUT2D eigenvalue weighted by atomic mass is 16.6. The molecule has 0 bridgehead atoms. The molecule has 1 atom stereocenters. The summed E-state index contributed by atoms with van der Waals surface area (Å²) in [6.07, 6.45) is -0.362. The van der Waals surface area contributed by atoms with Gasteiger partial charge in [-0.15, -0.1) is 0 Å². The van der Waals surface area contributed by atoms with Gasteiger partial charge in [0.15, 0.2) is 11.5 Å². The van der Waals surface area contributed by atoms with Gasteiger partial charge in [0, 0.05) is 39.8 Å². The van der Waals surface area contributed by atoms with E-state index in [9.17, 15) is 4.79 Å². The summed E-state index contributed by atoms with van der Waals surface area (Å²) in [4.78, 5) is 16.3. The second kappa shape index (κ2) is 7.19. The lowest BCUT2D eigenvalue weighted by Gasteiger charge is -2.35. The molecule has 6 nitrogen and oxygen atoms in total. The smallest absolute Gasteiger partial charge is 0.251 e. The van der Waals surface area contributed by atoms with Gasteiger partial charge in [0.05, 0.1) is 0 Å². The number of hydrogen-bond donors (Lipinski definition) is 0. The number of ether oxygens (including phenoxy) is 3. The van der Waals surface area contributed by atoms with E-state index in [1.807, 2.05) is 11.0 Å². The Labute approximate surface area is 136 Å². The molecule has 0 saturated carbocycles. The molecule has 1 unspecified atom stereocenters. The maximum absolute atomic E-state index is 12.1. The van der Waals surface area contributed by atoms with Crippen LogP contribution >= 0.6 is 0 Å². The summed E-state index contributed by atoms with van der Waals surface area (Å²) in [5, 5.41) is 0. The van der Waals surface area contributed by atoms with Crippen LogP contribution in [-0.2, 0) is 16.1 Å². The van der Waals surface area contributed by atoms with Crippen LogP contribution < -0.4 is 9.47 Å². The first kappa shape index (κ1) is 16.1. The van der Waals surface area contributed by atoms with E-state index in [0.717, 1.165) is 44.2 Å². The summed E-state index contributed by atoms with van der Waals surface area (Å²) in [6.45, 7) is 7.11. The first-order chi connectivity index (χ1) is 11.2. The molecule has 2 aliphatic heterocycles. The molecule has 1 fully saturated rings. The minimum Gasteiger partial charge on any atom is -0.486 e. The van der Waals surface area contributed by atoms with Crippen molar-refractivity contribution in [3.05, 3.63) is 23.8 Å². The third kappa shape index (κ3) is 3.76. The van der Waals surface area contributed by atoms with Crippen LogP contribution in [0.15, 0.2) is 18.2 Å². The van der Waals surface area contributed by atoms with Crippen LogP contribution in [-0.4, -0.2) is 68.3 Å². The Balaban J connectivity index is 1.54. The fourth-order valence-electron chi connectivity index (χ4n) is 2.93. The van der Waals surface area contributed by atoms with Crippen molar-refractivity contribution in [1.82, 2.24) is 9.80 Å². The van der Waals surface area contributed by atoms with Gasteiger partial charge in [-0.05, 0) is 24.6 Å². The summed E-state index contributed by atoms with van der Waals surface area (Å²) in [7, 11) is 1.57.